The van der Waals surface area contributed by atoms with E-state index < -0.39 is 22.0 Å². The van der Waals surface area contributed by atoms with Crippen molar-refractivity contribution < 1.29 is 23.1 Å². The van der Waals surface area contributed by atoms with Gasteiger partial charge in [-0.1, -0.05) is 0 Å². The van der Waals surface area contributed by atoms with Crippen molar-refractivity contribution in [3.05, 3.63) is 0 Å². The Morgan fingerprint density at radius 2 is 2.18 bits per heavy atom. The maximum atomic E-state index is 11.4. The molecule has 0 radical (unpaired) electrons. The zero-order valence-electron chi connectivity index (χ0n) is 10.1. The highest BCUT2D eigenvalue weighted by molar-refractivity contribution is 7.90. The minimum atomic E-state index is -2.98. The largest absolute Gasteiger partial charge is 0.468 e. The molecule has 1 N–H and O–H groups in total. The molecule has 6 nitrogen and oxygen atoms in total. The van der Waals surface area contributed by atoms with Crippen molar-refractivity contribution in [3.63, 3.8) is 0 Å². The van der Waals surface area contributed by atoms with Crippen LogP contribution in [-0.4, -0.2) is 68.7 Å². The number of aliphatic hydroxyl groups is 1. The Bertz CT molecular complexity index is 367. The molecule has 1 aliphatic rings. The number of rotatable bonds is 5. The van der Waals surface area contributed by atoms with Crippen LogP contribution in [0.15, 0.2) is 0 Å². The van der Waals surface area contributed by atoms with Crippen LogP contribution in [0, 0.1) is 0 Å². The Morgan fingerprint density at radius 1 is 1.53 bits per heavy atom. The number of carbonyl (C=O) groups is 1. The lowest BCUT2D eigenvalue weighted by Crippen LogP contribution is -2.38. The van der Waals surface area contributed by atoms with E-state index in [9.17, 15) is 18.3 Å². The number of hydrogen-bond donors (Lipinski definition) is 1. The molecule has 1 saturated heterocycles. The van der Waals surface area contributed by atoms with Crippen LogP contribution in [0.5, 0.6) is 0 Å². The molecule has 0 bridgehead atoms. The molecule has 2 unspecified atom stereocenters. The minimum absolute atomic E-state index is 0.0908. The van der Waals surface area contributed by atoms with E-state index in [2.05, 4.69) is 4.74 Å². The molecule has 1 fully saturated rings. The summed E-state index contributed by atoms with van der Waals surface area (Å²) in [6.07, 6.45) is 1.45. The molecule has 0 aliphatic carbocycles. The first-order valence-electron chi connectivity index (χ1n) is 5.51. The van der Waals surface area contributed by atoms with Gasteiger partial charge in [-0.25, -0.2) is 8.42 Å². The Balaban J connectivity index is 2.48. The number of β-amino-alcohol motifs (C(OH)–C–C–N with tert-alkyl or cyclic N) is 1. The normalized spacial score (nSPS) is 26.1. The second-order valence-electron chi connectivity index (χ2n) is 4.41. The molecule has 1 aliphatic heterocycles. The highest BCUT2D eigenvalue weighted by atomic mass is 32.2. The number of aliphatic hydroxyl groups excluding tert-OH is 1. The molecule has 0 spiro atoms. The lowest BCUT2D eigenvalue weighted by Gasteiger charge is -2.21. The lowest BCUT2D eigenvalue weighted by atomic mass is 10.2. The van der Waals surface area contributed by atoms with Gasteiger partial charge in [0.15, 0.2) is 0 Å². The first kappa shape index (κ1) is 14.4. The molecule has 100 valence electrons. The van der Waals surface area contributed by atoms with Gasteiger partial charge in [-0.3, -0.25) is 9.69 Å². The van der Waals surface area contributed by atoms with Crippen LogP contribution in [0.3, 0.4) is 0 Å². The molecule has 0 aromatic carbocycles. The van der Waals surface area contributed by atoms with Gasteiger partial charge in [0, 0.05) is 25.8 Å². The van der Waals surface area contributed by atoms with E-state index in [1.807, 2.05) is 0 Å². The summed E-state index contributed by atoms with van der Waals surface area (Å²) in [5, 5.41) is 9.51. The molecule has 0 aromatic rings. The van der Waals surface area contributed by atoms with Gasteiger partial charge >= 0.3 is 5.97 Å². The monoisotopic (exact) mass is 265 g/mol. The van der Waals surface area contributed by atoms with E-state index in [0.717, 1.165) is 0 Å². The van der Waals surface area contributed by atoms with E-state index in [0.29, 0.717) is 25.9 Å². The van der Waals surface area contributed by atoms with E-state index in [1.54, 1.807) is 4.90 Å². The molecule has 1 rings (SSSR count). The SMILES string of the molecule is COC(=O)C1CC(O)CN1CCCS(C)(=O)=O. The van der Waals surface area contributed by atoms with Crippen LogP contribution in [0.25, 0.3) is 0 Å². The molecule has 0 aromatic heterocycles. The quantitative estimate of drug-likeness (QED) is 0.644. The van der Waals surface area contributed by atoms with Crippen molar-refractivity contribution in [2.45, 2.75) is 25.0 Å². The first-order valence-corrected chi connectivity index (χ1v) is 7.57. The van der Waals surface area contributed by atoms with Gasteiger partial charge in [0.05, 0.1) is 19.0 Å². The van der Waals surface area contributed by atoms with Crippen molar-refractivity contribution in [2.24, 2.45) is 0 Å². The zero-order valence-corrected chi connectivity index (χ0v) is 10.9. The molecular formula is C10H19NO5S. The van der Waals surface area contributed by atoms with Crippen molar-refractivity contribution in [1.82, 2.24) is 4.90 Å². The summed E-state index contributed by atoms with van der Waals surface area (Å²) in [5.74, 6) is -0.283. The average molecular weight is 265 g/mol. The fraction of sp³-hybridized carbons (Fsp3) is 0.900. The summed E-state index contributed by atoms with van der Waals surface area (Å²) in [7, 11) is -1.67. The first-order chi connectivity index (χ1) is 7.83. The van der Waals surface area contributed by atoms with E-state index in [1.165, 1.54) is 13.4 Å². The number of ether oxygens (including phenoxy) is 1. The highest BCUT2D eigenvalue weighted by Gasteiger charge is 2.36. The van der Waals surface area contributed by atoms with Crippen molar-refractivity contribution >= 4 is 15.8 Å². The molecule has 7 heteroatoms. The second-order valence-corrected chi connectivity index (χ2v) is 6.67. The summed E-state index contributed by atoms with van der Waals surface area (Å²) < 4.78 is 26.6. The molecule has 1 heterocycles. The summed E-state index contributed by atoms with van der Waals surface area (Å²) in [4.78, 5) is 13.2. The van der Waals surface area contributed by atoms with Crippen molar-refractivity contribution in [1.29, 1.82) is 0 Å². The minimum Gasteiger partial charge on any atom is -0.468 e. The Morgan fingerprint density at radius 3 is 2.71 bits per heavy atom. The summed E-state index contributed by atoms with van der Waals surface area (Å²) >= 11 is 0. The predicted molar refractivity (Wildman–Crippen MR) is 62.3 cm³/mol. The molecule has 0 amide bonds. The van der Waals surface area contributed by atoms with Gasteiger partial charge in [-0.05, 0) is 6.42 Å². The lowest BCUT2D eigenvalue weighted by molar-refractivity contribution is -0.145. The van der Waals surface area contributed by atoms with Gasteiger partial charge in [0.2, 0.25) is 0 Å². The number of hydrogen-bond acceptors (Lipinski definition) is 6. The number of methoxy groups -OCH3 is 1. The van der Waals surface area contributed by atoms with Crippen molar-refractivity contribution in [2.75, 3.05) is 32.2 Å². The van der Waals surface area contributed by atoms with Gasteiger partial charge < -0.3 is 9.84 Å². The van der Waals surface area contributed by atoms with Gasteiger partial charge in [0.1, 0.15) is 15.9 Å². The standard InChI is InChI=1S/C10H19NO5S/c1-16-10(13)9-6-8(12)7-11(9)4-3-5-17(2,14)15/h8-9,12H,3-7H2,1-2H3. The smallest absolute Gasteiger partial charge is 0.323 e. The van der Waals surface area contributed by atoms with Crippen LogP contribution in [0.2, 0.25) is 0 Å². The maximum Gasteiger partial charge on any atom is 0.323 e. The van der Waals surface area contributed by atoms with Crippen LogP contribution < -0.4 is 0 Å². The third-order valence-electron chi connectivity index (χ3n) is 2.82. The van der Waals surface area contributed by atoms with Crippen LogP contribution in [0.4, 0.5) is 0 Å². The number of esters is 1. The topological polar surface area (TPSA) is 83.9 Å². The van der Waals surface area contributed by atoms with Gasteiger partial charge in [0.25, 0.3) is 0 Å². The average Bonchev–Trinajstić information content (AvgIpc) is 2.57. The third-order valence-corrected chi connectivity index (χ3v) is 3.85. The Labute approximate surface area is 101 Å². The van der Waals surface area contributed by atoms with Gasteiger partial charge in [-0.2, -0.15) is 0 Å². The number of sulfone groups is 1. The zero-order chi connectivity index (χ0) is 13.1. The van der Waals surface area contributed by atoms with E-state index >= 15 is 0 Å². The summed E-state index contributed by atoms with van der Waals surface area (Å²) in [5.41, 5.74) is 0. The highest BCUT2D eigenvalue weighted by Crippen LogP contribution is 2.19. The van der Waals surface area contributed by atoms with E-state index in [4.69, 9.17) is 0 Å². The van der Waals surface area contributed by atoms with Crippen LogP contribution in [-0.2, 0) is 19.4 Å². The van der Waals surface area contributed by atoms with Crippen LogP contribution >= 0.6 is 0 Å². The predicted octanol–water partition coefficient (Wildman–Crippen LogP) is -0.971. The summed E-state index contributed by atoms with van der Waals surface area (Å²) in [6.45, 7) is 0.868. The fourth-order valence-electron chi connectivity index (χ4n) is 2.04. The van der Waals surface area contributed by atoms with Gasteiger partial charge in [-0.15, -0.1) is 0 Å². The fourth-order valence-corrected chi connectivity index (χ4v) is 2.69. The second kappa shape index (κ2) is 5.79. The van der Waals surface area contributed by atoms with E-state index in [-0.39, 0.29) is 11.7 Å². The van der Waals surface area contributed by atoms with Crippen molar-refractivity contribution in [3.8, 4) is 0 Å². The number of carbonyl (C=O) groups excluding carboxylic acids is 1. The molecule has 2 atom stereocenters. The third kappa shape index (κ3) is 4.61. The number of likely N-dealkylation sites (tertiary alicyclic amines) is 1. The maximum absolute atomic E-state index is 11.4. The Kier molecular flexibility index (Phi) is 4.91. The van der Waals surface area contributed by atoms with Crippen LogP contribution in [0.1, 0.15) is 12.8 Å². The Hall–Kier alpha value is -0.660. The number of nitrogens with zero attached hydrogens (tertiary/aromatic N) is 1. The molecular weight excluding hydrogens is 246 g/mol. The summed E-state index contributed by atoms with van der Waals surface area (Å²) in [6, 6.07) is -0.449. The molecule has 17 heavy (non-hydrogen) atoms. The molecule has 0 saturated carbocycles.